The average Bonchev–Trinajstić information content (AvgIpc) is 3.34. The summed E-state index contributed by atoms with van der Waals surface area (Å²) in [7, 11) is 1.77. The van der Waals surface area contributed by atoms with Gasteiger partial charge >= 0.3 is 0 Å². The van der Waals surface area contributed by atoms with Gasteiger partial charge in [-0.2, -0.15) is 0 Å². The number of rotatable bonds is 5. The number of guanidine groups is 1. The fraction of sp³-hybridized carbons (Fsp3) is 0.500. The predicted octanol–water partition coefficient (Wildman–Crippen LogP) is 1.98. The van der Waals surface area contributed by atoms with E-state index in [0.717, 1.165) is 42.7 Å². The number of primary amides is 1. The Morgan fingerprint density at radius 2 is 2.11 bits per heavy atom. The van der Waals surface area contributed by atoms with Crippen molar-refractivity contribution in [3.63, 3.8) is 0 Å². The number of nitrogens with one attached hydrogen (secondary N) is 1. The number of aromatic nitrogens is 1. The van der Waals surface area contributed by atoms with Gasteiger partial charge in [0, 0.05) is 33.2 Å². The van der Waals surface area contributed by atoms with E-state index in [-0.39, 0.29) is 29.9 Å². The van der Waals surface area contributed by atoms with Crippen molar-refractivity contribution in [2.75, 3.05) is 33.2 Å². The number of halogens is 1. The maximum atomic E-state index is 11.7. The molecule has 1 saturated heterocycles. The SMILES string of the molecule is CN=C(NCc1coc(-c2cccs2)n1)N1CCN(C(C)(C)C(N)=O)CC1.I. The van der Waals surface area contributed by atoms with Crippen LogP contribution in [0.15, 0.2) is 33.2 Å². The van der Waals surface area contributed by atoms with E-state index in [4.69, 9.17) is 10.2 Å². The molecule has 3 rings (SSSR count). The van der Waals surface area contributed by atoms with Gasteiger partial charge in [-0.15, -0.1) is 35.3 Å². The Hall–Kier alpha value is -1.66. The van der Waals surface area contributed by atoms with E-state index in [1.54, 1.807) is 24.6 Å². The normalized spacial score (nSPS) is 16.0. The molecular weight excluding hydrogens is 491 g/mol. The van der Waals surface area contributed by atoms with E-state index in [2.05, 4.69) is 25.1 Å². The van der Waals surface area contributed by atoms with Gasteiger partial charge in [0.25, 0.3) is 0 Å². The summed E-state index contributed by atoms with van der Waals surface area (Å²) in [4.78, 5) is 25.8. The van der Waals surface area contributed by atoms with Gasteiger partial charge in [0.05, 0.1) is 22.7 Å². The molecule has 0 radical (unpaired) electrons. The Labute approximate surface area is 186 Å². The van der Waals surface area contributed by atoms with E-state index in [1.807, 2.05) is 31.4 Å². The van der Waals surface area contributed by atoms with Crippen LogP contribution in [-0.4, -0.2) is 65.4 Å². The first kappa shape index (κ1) is 22.6. The third-order valence-electron chi connectivity index (χ3n) is 4.90. The van der Waals surface area contributed by atoms with Crippen LogP contribution in [0.5, 0.6) is 0 Å². The minimum Gasteiger partial charge on any atom is -0.443 e. The Morgan fingerprint density at radius 3 is 2.68 bits per heavy atom. The first-order valence-electron chi connectivity index (χ1n) is 8.90. The van der Waals surface area contributed by atoms with Gasteiger partial charge in [-0.05, 0) is 25.3 Å². The van der Waals surface area contributed by atoms with Gasteiger partial charge < -0.3 is 20.4 Å². The fourth-order valence-corrected chi connectivity index (χ4v) is 3.69. The van der Waals surface area contributed by atoms with Crippen molar-refractivity contribution in [2.45, 2.75) is 25.9 Å². The van der Waals surface area contributed by atoms with Gasteiger partial charge in [0.15, 0.2) is 5.96 Å². The van der Waals surface area contributed by atoms with Crippen LogP contribution >= 0.6 is 35.3 Å². The highest BCUT2D eigenvalue weighted by molar-refractivity contribution is 14.0. The van der Waals surface area contributed by atoms with Gasteiger partial charge in [-0.25, -0.2) is 4.98 Å². The number of thiophene rings is 1. The number of aliphatic imine (C=N–C) groups is 1. The Balaban J connectivity index is 0.00000280. The van der Waals surface area contributed by atoms with Crippen molar-refractivity contribution in [1.82, 2.24) is 20.1 Å². The van der Waals surface area contributed by atoms with Crippen LogP contribution in [0.2, 0.25) is 0 Å². The molecule has 0 bridgehead atoms. The highest BCUT2D eigenvalue weighted by Gasteiger charge is 2.35. The largest absolute Gasteiger partial charge is 0.443 e. The Kier molecular flexibility index (Phi) is 7.84. The number of carbonyl (C=O) groups is 1. The first-order valence-corrected chi connectivity index (χ1v) is 9.78. The molecule has 1 amide bonds. The molecule has 2 aromatic rings. The summed E-state index contributed by atoms with van der Waals surface area (Å²) >= 11 is 1.60. The van der Waals surface area contributed by atoms with Crippen molar-refractivity contribution in [3.8, 4) is 10.8 Å². The molecule has 1 aliphatic rings. The topological polar surface area (TPSA) is 100.0 Å². The maximum absolute atomic E-state index is 11.7. The zero-order valence-electron chi connectivity index (χ0n) is 16.3. The summed E-state index contributed by atoms with van der Waals surface area (Å²) < 4.78 is 5.55. The van der Waals surface area contributed by atoms with Crippen LogP contribution < -0.4 is 11.1 Å². The van der Waals surface area contributed by atoms with Gasteiger partial charge in [0.2, 0.25) is 11.8 Å². The second-order valence-corrected chi connectivity index (χ2v) is 7.87. The summed E-state index contributed by atoms with van der Waals surface area (Å²) in [5.41, 5.74) is 5.72. The third-order valence-corrected chi connectivity index (χ3v) is 5.75. The molecule has 0 aliphatic carbocycles. The molecule has 8 nitrogen and oxygen atoms in total. The molecule has 2 aromatic heterocycles. The molecule has 0 spiro atoms. The van der Waals surface area contributed by atoms with Crippen molar-refractivity contribution in [3.05, 3.63) is 29.5 Å². The number of hydrogen-bond acceptors (Lipinski definition) is 6. The lowest BCUT2D eigenvalue weighted by Gasteiger charge is -2.43. The molecule has 0 saturated carbocycles. The van der Waals surface area contributed by atoms with Crippen molar-refractivity contribution in [2.24, 2.45) is 10.7 Å². The van der Waals surface area contributed by atoms with Gasteiger partial charge in [0.1, 0.15) is 6.26 Å². The van der Waals surface area contributed by atoms with Crippen molar-refractivity contribution in [1.29, 1.82) is 0 Å². The monoisotopic (exact) mass is 518 g/mol. The second kappa shape index (κ2) is 9.70. The standard InChI is InChI=1S/C18H26N6O2S.HI/c1-18(2,16(19)25)24-8-6-23(7-9-24)17(20-3)21-11-13-12-26-15(22-13)14-5-4-10-27-14;/h4-5,10,12H,6-9,11H2,1-3H3,(H2,19,25)(H,20,21);1H. The van der Waals surface area contributed by atoms with Gasteiger partial charge in [-0.1, -0.05) is 6.07 Å². The number of carbonyl (C=O) groups excluding carboxylic acids is 1. The number of nitrogens with zero attached hydrogens (tertiary/aromatic N) is 4. The maximum Gasteiger partial charge on any atom is 0.237 e. The highest BCUT2D eigenvalue weighted by Crippen LogP contribution is 2.23. The highest BCUT2D eigenvalue weighted by atomic mass is 127. The smallest absolute Gasteiger partial charge is 0.237 e. The third kappa shape index (κ3) is 5.03. The zero-order valence-corrected chi connectivity index (χ0v) is 19.5. The Bertz CT molecular complexity index is 797. The zero-order chi connectivity index (χ0) is 19.4. The van der Waals surface area contributed by atoms with Gasteiger partial charge in [-0.3, -0.25) is 14.7 Å². The van der Waals surface area contributed by atoms with Crippen LogP contribution in [-0.2, 0) is 11.3 Å². The lowest BCUT2D eigenvalue weighted by Crippen LogP contribution is -2.61. The van der Waals surface area contributed by atoms with Crippen LogP contribution in [0.4, 0.5) is 0 Å². The lowest BCUT2D eigenvalue weighted by atomic mass is 10.0. The number of oxazole rings is 1. The molecule has 1 fully saturated rings. The average molecular weight is 518 g/mol. The van der Waals surface area contributed by atoms with E-state index in [9.17, 15) is 4.79 Å². The number of piperazine rings is 1. The molecule has 0 unspecified atom stereocenters. The number of hydrogen-bond donors (Lipinski definition) is 2. The van der Waals surface area contributed by atoms with E-state index in [0.29, 0.717) is 12.4 Å². The lowest BCUT2D eigenvalue weighted by molar-refractivity contribution is -0.129. The first-order chi connectivity index (χ1) is 12.9. The second-order valence-electron chi connectivity index (χ2n) is 6.92. The van der Waals surface area contributed by atoms with E-state index in [1.165, 1.54) is 0 Å². The molecule has 10 heteroatoms. The molecular formula is C18H27IN6O2S. The molecule has 0 aromatic carbocycles. The summed E-state index contributed by atoms with van der Waals surface area (Å²) in [6, 6.07) is 3.96. The molecule has 3 N–H and O–H groups in total. The number of nitrogens with two attached hydrogens (primary N) is 1. The minimum atomic E-state index is -0.637. The number of amides is 1. The van der Waals surface area contributed by atoms with E-state index >= 15 is 0 Å². The van der Waals surface area contributed by atoms with E-state index < -0.39 is 5.54 Å². The summed E-state index contributed by atoms with van der Waals surface area (Å²) in [6.07, 6.45) is 1.67. The van der Waals surface area contributed by atoms with Crippen molar-refractivity contribution >= 4 is 47.2 Å². The molecule has 1 aliphatic heterocycles. The molecule has 0 atom stereocenters. The summed E-state index contributed by atoms with van der Waals surface area (Å²) in [5, 5.41) is 5.34. The minimum absolute atomic E-state index is 0. The fourth-order valence-electron chi connectivity index (χ4n) is 3.04. The molecule has 154 valence electrons. The van der Waals surface area contributed by atoms with Crippen LogP contribution in [0.25, 0.3) is 10.8 Å². The Morgan fingerprint density at radius 1 is 1.39 bits per heavy atom. The predicted molar refractivity (Wildman–Crippen MR) is 122 cm³/mol. The van der Waals surface area contributed by atoms with Crippen LogP contribution in [0.1, 0.15) is 19.5 Å². The molecule has 3 heterocycles. The summed E-state index contributed by atoms with van der Waals surface area (Å²) in [5.74, 6) is 1.15. The van der Waals surface area contributed by atoms with Crippen LogP contribution in [0, 0.1) is 0 Å². The molecule has 28 heavy (non-hydrogen) atoms. The quantitative estimate of drug-likeness (QED) is 0.357. The van der Waals surface area contributed by atoms with Crippen LogP contribution in [0.3, 0.4) is 0 Å². The summed E-state index contributed by atoms with van der Waals surface area (Å²) in [6.45, 7) is 7.33. The van der Waals surface area contributed by atoms with Crippen molar-refractivity contribution < 1.29 is 9.21 Å².